The fraction of sp³-hybridized carbons (Fsp3) is 0.229. The molecule has 12 heteroatoms. The second-order valence-corrected chi connectivity index (χ2v) is 11.4. The molecule has 1 amide bonds. The van der Waals surface area contributed by atoms with E-state index < -0.39 is 58.0 Å². The monoisotopic (exact) mass is 650 g/mol. The Morgan fingerprint density at radius 2 is 1.66 bits per heavy atom. The molecule has 47 heavy (non-hydrogen) atoms. The van der Waals surface area contributed by atoms with E-state index in [1.807, 2.05) is 0 Å². The highest BCUT2D eigenvalue weighted by molar-refractivity contribution is 6.02. The van der Waals surface area contributed by atoms with Gasteiger partial charge in [-0.2, -0.15) is 13.2 Å². The minimum absolute atomic E-state index is 0.0222. The summed E-state index contributed by atoms with van der Waals surface area (Å²) in [5.41, 5.74) is -2.55. The molecule has 5 aromatic rings. The summed E-state index contributed by atoms with van der Waals surface area (Å²) in [4.78, 5) is 38.6. The van der Waals surface area contributed by atoms with Crippen LogP contribution in [0.25, 0.3) is 32.8 Å². The number of aliphatic carboxylic acids is 1. The molecular weight excluding hydrogens is 623 g/mol. The second-order valence-electron chi connectivity index (χ2n) is 11.4. The number of pyridine rings is 1. The van der Waals surface area contributed by atoms with Crippen LogP contribution in [-0.2, 0) is 29.2 Å². The summed E-state index contributed by atoms with van der Waals surface area (Å²) in [5, 5.41) is 12.4. The maximum absolute atomic E-state index is 15.0. The topological polar surface area (TPSA) is 97.6 Å². The van der Waals surface area contributed by atoms with Crippen molar-refractivity contribution in [2.24, 2.45) is 7.05 Å². The quantitative estimate of drug-likeness (QED) is 0.186. The predicted octanol–water partition coefficient (Wildman–Crippen LogP) is 6.93. The van der Waals surface area contributed by atoms with Gasteiger partial charge in [-0.15, -0.1) is 0 Å². The number of rotatable bonds is 7. The molecule has 1 aliphatic rings. The highest BCUT2D eigenvalue weighted by atomic mass is 19.4. The number of carbonyl (C=O) groups is 2. The van der Waals surface area contributed by atoms with Crippen LogP contribution in [0.2, 0.25) is 0 Å². The molecule has 2 heterocycles. The second kappa shape index (κ2) is 12.3. The van der Waals surface area contributed by atoms with Gasteiger partial charge in [-0.3, -0.25) is 9.59 Å². The number of aryl methyl sites for hydroxylation is 1. The van der Waals surface area contributed by atoms with E-state index in [1.54, 1.807) is 12.1 Å². The lowest BCUT2D eigenvalue weighted by Crippen LogP contribution is -2.43. The zero-order valence-corrected chi connectivity index (χ0v) is 24.8. The summed E-state index contributed by atoms with van der Waals surface area (Å²) in [6.45, 7) is 0.498. The number of carbonyl (C=O) groups excluding carboxylic acids is 1. The first-order valence-electron chi connectivity index (χ1n) is 14.7. The van der Waals surface area contributed by atoms with Gasteiger partial charge in [-0.1, -0.05) is 48.5 Å². The van der Waals surface area contributed by atoms with Gasteiger partial charge in [-0.05, 0) is 64.6 Å². The van der Waals surface area contributed by atoms with E-state index in [0.29, 0.717) is 29.5 Å². The molecule has 2 atom stereocenters. The lowest BCUT2D eigenvalue weighted by molar-refractivity contribution is -0.139. The van der Waals surface area contributed by atoms with Crippen molar-refractivity contribution in [1.29, 1.82) is 0 Å². The van der Waals surface area contributed by atoms with E-state index in [-0.39, 0.29) is 34.4 Å². The Morgan fingerprint density at radius 3 is 2.32 bits per heavy atom. The minimum Gasteiger partial charge on any atom is -0.480 e. The summed E-state index contributed by atoms with van der Waals surface area (Å²) in [6, 6.07) is 14.6. The number of hydrogen-bond donors (Lipinski definition) is 2. The number of ether oxygens (including phenoxy) is 1. The van der Waals surface area contributed by atoms with Crippen LogP contribution in [0.4, 0.5) is 22.0 Å². The molecule has 1 unspecified atom stereocenters. The van der Waals surface area contributed by atoms with Gasteiger partial charge in [0.15, 0.2) is 0 Å². The average molecular weight is 651 g/mol. The van der Waals surface area contributed by atoms with E-state index in [9.17, 15) is 28.3 Å². The maximum Gasteiger partial charge on any atom is 0.417 e. The van der Waals surface area contributed by atoms with Crippen molar-refractivity contribution in [3.05, 3.63) is 117 Å². The molecule has 4 aromatic carbocycles. The molecule has 1 aromatic heterocycles. The molecule has 0 aliphatic carbocycles. The number of benzene rings is 4. The average Bonchev–Trinajstić information content (AvgIpc) is 3.57. The molecule has 1 fully saturated rings. The third-order valence-electron chi connectivity index (χ3n) is 8.50. The van der Waals surface area contributed by atoms with Crippen molar-refractivity contribution in [3.8, 4) is 11.1 Å². The molecule has 0 saturated carbocycles. The Bertz CT molecular complexity index is 2100. The van der Waals surface area contributed by atoms with E-state index in [4.69, 9.17) is 4.74 Å². The van der Waals surface area contributed by atoms with Crippen LogP contribution in [0.5, 0.6) is 0 Å². The van der Waals surface area contributed by atoms with Crippen LogP contribution in [-0.4, -0.2) is 34.2 Å². The number of nitrogens with one attached hydrogen (secondary N) is 1. The van der Waals surface area contributed by atoms with Crippen molar-refractivity contribution in [3.63, 3.8) is 0 Å². The first kappa shape index (κ1) is 31.9. The van der Waals surface area contributed by atoms with Crippen LogP contribution in [0.3, 0.4) is 0 Å². The third kappa shape index (κ3) is 5.85. The Balaban J connectivity index is 1.49. The highest BCUT2D eigenvalue weighted by Gasteiger charge is 2.39. The number of alkyl halides is 3. The maximum atomic E-state index is 15.0. The smallest absolute Gasteiger partial charge is 0.417 e. The van der Waals surface area contributed by atoms with Gasteiger partial charge >= 0.3 is 12.1 Å². The van der Waals surface area contributed by atoms with Crippen molar-refractivity contribution in [1.82, 2.24) is 9.88 Å². The molecule has 0 spiro atoms. The summed E-state index contributed by atoms with van der Waals surface area (Å²) in [5.74, 6) is -5.15. The molecule has 7 nitrogen and oxygen atoms in total. The van der Waals surface area contributed by atoms with Gasteiger partial charge in [0.05, 0.1) is 22.7 Å². The molecule has 0 bridgehead atoms. The van der Waals surface area contributed by atoms with Crippen LogP contribution < -0.4 is 10.9 Å². The number of aromatic nitrogens is 1. The largest absolute Gasteiger partial charge is 0.480 e. The van der Waals surface area contributed by atoms with Crippen molar-refractivity contribution in [2.75, 3.05) is 6.61 Å². The summed E-state index contributed by atoms with van der Waals surface area (Å²) in [7, 11) is 1.40. The summed E-state index contributed by atoms with van der Waals surface area (Å²) < 4.78 is 80.3. The van der Waals surface area contributed by atoms with Crippen molar-refractivity contribution < 1.29 is 41.4 Å². The molecule has 0 radical (unpaired) electrons. The number of halogens is 5. The Kier molecular flexibility index (Phi) is 8.31. The molecule has 1 aliphatic heterocycles. The van der Waals surface area contributed by atoms with Crippen LogP contribution in [0, 0.1) is 11.6 Å². The Labute approximate surface area is 264 Å². The van der Waals surface area contributed by atoms with Crippen LogP contribution in [0.1, 0.15) is 46.0 Å². The zero-order valence-electron chi connectivity index (χ0n) is 24.8. The Morgan fingerprint density at radius 1 is 0.979 bits per heavy atom. The van der Waals surface area contributed by atoms with Gasteiger partial charge in [0, 0.05) is 25.5 Å². The highest BCUT2D eigenvalue weighted by Crippen LogP contribution is 2.43. The number of carboxylic acids is 1. The standard InChI is InChI=1S/C35H27F5N2O5/c1-42-27-14-13-19(28-12-5-15-47-28)16-23(27)31(35(38,39)40)29(33(42)44)22-9-3-7-20-18(6-2-8-21(20)22)17-26(34(45)46)41-32(43)30-24(36)10-4-11-25(30)37/h2-4,6-11,13-14,16,26,28H,5,12,15,17H2,1H3,(H,41,43)(H,45,46)/t26-,28?/m0/s1. The fourth-order valence-electron chi connectivity index (χ4n) is 6.29. The van der Waals surface area contributed by atoms with Crippen LogP contribution in [0.15, 0.2) is 77.6 Å². The van der Waals surface area contributed by atoms with Crippen LogP contribution >= 0.6 is 0 Å². The van der Waals surface area contributed by atoms with E-state index in [1.165, 1.54) is 54.1 Å². The Hall–Kier alpha value is -5.10. The molecule has 1 saturated heterocycles. The van der Waals surface area contributed by atoms with E-state index >= 15 is 13.2 Å². The lowest BCUT2D eigenvalue weighted by atomic mass is 9.89. The van der Waals surface area contributed by atoms with E-state index in [2.05, 4.69) is 5.32 Å². The first-order chi connectivity index (χ1) is 22.4. The number of fused-ring (bicyclic) bond motifs is 2. The molecule has 2 N–H and O–H groups in total. The molecular formula is C35H27F5N2O5. The van der Waals surface area contributed by atoms with E-state index in [0.717, 1.165) is 24.6 Å². The van der Waals surface area contributed by atoms with Crippen molar-refractivity contribution >= 4 is 33.6 Å². The first-order valence-corrected chi connectivity index (χ1v) is 14.7. The van der Waals surface area contributed by atoms with Gasteiger partial charge in [0.1, 0.15) is 23.2 Å². The van der Waals surface area contributed by atoms with Gasteiger partial charge in [0.2, 0.25) is 0 Å². The normalized spacial score (nSPS) is 15.7. The van der Waals surface area contributed by atoms with Gasteiger partial charge in [0.25, 0.3) is 11.5 Å². The zero-order chi connectivity index (χ0) is 33.6. The summed E-state index contributed by atoms with van der Waals surface area (Å²) in [6.07, 6.45) is -4.25. The SMILES string of the molecule is Cn1c(=O)c(-c2cccc3c(C[C@H](NC(=O)c4c(F)cccc4F)C(=O)O)cccc23)c(C(F)(F)F)c2cc(C3CCCO3)ccc21. The predicted molar refractivity (Wildman–Crippen MR) is 164 cm³/mol. The molecule has 242 valence electrons. The van der Waals surface area contributed by atoms with Gasteiger partial charge < -0.3 is 19.7 Å². The summed E-state index contributed by atoms with van der Waals surface area (Å²) >= 11 is 0. The minimum atomic E-state index is -4.93. The number of nitrogens with zero attached hydrogens (tertiary/aromatic N) is 1. The van der Waals surface area contributed by atoms with Gasteiger partial charge in [-0.25, -0.2) is 13.6 Å². The lowest BCUT2D eigenvalue weighted by Gasteiger charge is -2.21. The fourth-order valence-corrected chi connectivity index (χ4v) is 6.29. The third-order valence-corrected chi connectivity index (χ3v) is 8.50. The number of amides is 1. The number of hydrogen-bond acceptors (Lipinski definition) is 4. The van der Waals surface area contributed by atoms with Crippen molar-refractivity contribution in [2.45, 2.75) is 37.6 Å². The molecule has 6 rings (SSSR count). The number of carboxylic acid groups (broad SMARTS) is 1.